The van der Waals surface area contributed by atoms with Gasteiger partial charge < -0.3 is 14.2 Å². The number of para-hydroxylation sites is 1. The number of nitrogens with zero attached hydrogens (tertiary/aromatic N) is 3. The van der Waals surface area contributed by atoms with E-state index in [0.717, 1.165) is 10.9 Å². The topological polar surface area (TPSA) is 92.0 Å². The number of ether oxygens (including phenoxy) is 3. The monoisotopic (exact) mass is 515 g/mol. The van der Waals surface area contributed by atoms with Gasteiger partial charge in [-0.15, -0.1) is 0 Å². The first-order chi connectivity index (χ1) is 15.8. The van der Waals surface area contributed by atoms with Gasteiger partial charge in [-0.25, -0.2) is 9.78 Å². The van der Waals surface area contributed by atoms with Crippen LogP contribution in [0.3, 0.4) is 0 Å². The van der Waals surface area contributed by atoms with Gasteiger partial charge in [-0.2, -0.15) is 9.78 Å². The molecule has 9 heteroatoms. The summed E-state index contributed by atoms with van der Waals surface area (Å²) < 4.78 is 18.1. The fourth-order valence-corrected chi connectivity index (χ4v) is 3.57. The summed E-state index contributed by atoms with van der Waals surface area (Å²) in [4.78, 5) is 29.9. The number of methoxy groups -OCH3 is 2. The Morgan fingerprint density at radius 3 is 2.67 bits per heavy atom. The van der Waals surface area contributed by atoms with Crippen molar-refractivity contribution in [2.24, 2.45) is 5.10 Å². The lowest BCUT2D eigenvalue weighted by atomic mass is 10.1. The number of aromatic nitrogens is 2. The van der Waals surface area contributed by atoms with Gasteiger partial charge in [-0.1, -0.05) is 35.8 Å². The molecule has 3 rings (SSSR count). The van der Waals surface area contributed by atoms with Crippen molar-refractivity contribution in [1.29, 1.82) is 0 Å². The summed E-state index contributed by atoms with van der Waals surface area (Å²) in [6, 6.07) is 10.6. The van der Waals surface area contributed by atoms with E-state index in [1.807, 2.05) is 26.0 Å². The largest absolute Gasteiger partial charge is 0.493 e. The van der Waals surface area contributed by atoms with E-state index in [4.69, 9.17) is 19.2 Å². The third-order valence-electron chi connectivity index (χ3n) is 5.26. The molecule has 2 atom stereocenters. The van der Waals surface area contributed by atoms with Gasteiger partial charge in [-0.05, 0) is 43.7 Å². The SMILES string of the molecule is CC[C@H](C)c1nc2ccc(Br)cc2c(=O)n1N=Cc1cccc(OC)c1O[C@H](C)C(=O)OC. The Morgan fingerprint density at radius 2 is 2.00 bits per heavy atom. The minimum Gasteiger partial charge on any atom is -0.493 e. The molecule has 0 saturated carbocycles. The molecule has 0 saturated heterocycles. The first-order valence-corrected chi connectivity index (χ1v) is 11.3. The van der Waals surface area contributed by atoms with Crippen LogP contribution in [0.5, 0.6) is 11.5 Å². The predicted molar refractivity (Wildman–Crippen MR) is 131 cm³/mol. The Balaban J connectivity index is 2.15. The van der Waals surface area contributed by atoms with E-state index in [-0.39, 0.29) is 11.5 Å². The third-order valence-corrected chi connectivity index (χ3v) is 5.75. The van der Waals surface area contributed by atoms with Crippen LogP contribution in [0.15, 0.2) is 50.8 Å². The van der Waals surface area contributed by atoms with Crippen LogP contribution in [0.2, 0.25) is 0 Å². The van der Waals surface area contributed by atoms with E-state index in [2.05, 4.69) is 21.0 Å². The maximum absolute atomic E-state index is 13.3. The fraction of sp³-hybridized carbons (Fsp3) is 0.333. The second-order valence-electron chi connectivity index (χ2n) is 7.46. The predicted octanol–water partition coefficient (Wildman–Crippen LogP) is 4.50. The summed E-state index contributed by atoms with van der Waals surface area (Å²) in [7, 11) is 2.79. The zero-order chi connectivity index (χ0) is 24.1. The number of benzene rings is 2. The molecule has 33 heavy (non-hydrogen) atoms. The Labute approximate surface area is 200 Å². The number of fused-ring (bicyclic) bond motifs is 1. The summed E-state index contributed by atoms with van der Waals surface area (Å²) >= 11 is 3.41. The molecule has 0 spiro atoms. The highest BCUT2D eigenvalue weighted by atomic mass is 79.9. The van der Waals surface area contributed by atoms with Crippen LogP contribution >= 0.6 is 15.9 Å². The van der Waals surface area contributed by atoms with Crippen molar-refractivity contribution in [3.8, 4) is 11.5 Å². The van der Waals surface area contributed by atoms with E-state index >= 15 is 0 Å². The number of esters is 1. The van der Waals surface area contributed by atoms with E-state index in [0.29, 0.717) is 33.8 Å². The zero-order valence-corrected chi connectivity index (χ0v) is 20.8. The van der Waals surface area contributed by atoms with E-state index in [1.54, 1.807) is 31.2 Å². The Kier molecular flexibility index (Phi) is 7.86. The lowest BCUT2D eigenvalue weighted by Gasteiger charge is -2.17. The van der Waals surface area contributed by atoms with Gasteiger partial charge >= 0.3 is 5.97 Å². The number of hydrogen-bond donors (Lipinski definition) is 0. The van der Waals surface area contributed by atoms with Crippen molar-refractivity contribution in [1.82, 2.24) is 9.66 Å². The molecule has 8 nitrogen and oxygen atoms in total. The van der Waals surface area contributed by atoms with Gasteiger partial charge in [-0.3, -0.25) is 4.79 Å². The maximum atomic E-state index is 13.3. The third kappa shape index (κ3) is 5.24. The van der Waals surface area contributed by atoms with Crippen LogP contribution < -0.4 is 15.0 Å². The van der Waals surface area contributed by atoms with Crippen LogP contribution in [0.1, 0.15) is 44.5 Å². The van der Waals surface area contributed by atoms with Gasteiger partial charge in [0.25, 0.3) is 5.56 Å². The van der Waals surface area contributed by atoms with Crippen molar-refractivity contribution in [3.05, 3.63) is 62.6 Å². The summed E-state index contributed by atoms with van der Waals surface area (Å²) in [5, 5.41) is 4.94. The smallest absolute Gasteiger partial charge is 0.346 e. The van der Waals surface area contributed by atoms with E-state index < -0.39 is 12.1 Å². The highest BCUT2D eigenvalue weighted by molar-refractivity contribution is 9.10. The molecule has 3 aromatic rings. The lowest BCUT2D eigenvalue weighted by Crippen LogP contribution is -2.26. The van der Waals surface area contributed by atoms with Crippen LogP contribution in [-0.2, 0) is 9.53 Å². The molecule has 0 radical (unpaired) electrons. The second-order valence-corrected chi connectivity index (χ2v) is 8.38. The maximum Gasteiger partial charge on any atom is 0.346 e. The molecule has 2 aromatic carbocycles. The molecule has 0 aliphatic carbocycles. The Hall–Kier alpha value is -3.20. The summed E-state index contributed by atoms with van der Waals surface area (Å²) in [6.07, 6.45) is 1.42. The molecule has 1 aromatic heterocycles. The number of carbonyl (C=O) groups excluding carboxylic acids is 1. The van der Waals surface area contributed by atoms with Crippen LogP contribution in [0.4, 0.5) is 0 Å². The highest BCUT2D eigenvalue weighted by Crippen LogP contribution is 2.31. The van der Waals surface area contributed by atoms with Crippen LogP contribution in [0.25, 0.3) is 10.9 Å². The molecule has 0 aliphatic heterocycles. The van der Waals surface area contributed by atoms with Crippen molar-refractivity contribution < 1.29 is 19.0 Å². The average Bonchev–Trinajstić information content (AvgIpc) is 2.83. The van der Waals surface area contributed by atoms with E-state index in [1.165, 1.54) is 25.1 Å². The van der Waals surface area contributed by atoms with Gasteiger partial charge in [0.05, 0.1) is 31.3 Å². The lowest BCUT2D eigenvalue weighted by molar-refractivity contribution is -0.147. The molecule has 0 fully saturated rings. The molecule has 1 heterocycles. The van der Waals surface area contributed by atoms with Gasteiger partial charge in [0.15, 0.2) is 17.6 Å². The Bertz CT molecular complexity index is 1250. The zero-order valence-electron chi connectivity index (χ0n) is 19.2. The molecule has 0 unspecified atom stereocenters. The number of rotatable bonds is 8. The minimum absolute atomic E-state index is 0.00303. The molecule has 0 amide bonds. The second kappa shape index (κ2) is 10.6. The molecule has 0 N–H and O–H groups in total. The Morgan fingerprint density at radius 1 is 1.24 bits per heavy atom. The van der Waals surface area contributed by atoms with Crippen molar-refractivity contribution in [3.63, 3.8) is 0 Å². The first kappa shape index (κ1) is 24.4. The van der Waals surface area contributed by atoms with Crippen LogP contribution in [-0.4, -0.2) is 42.2 Å². The molecular weight excluding hydrogens is 490 g/mol. The summed E-state index contributed by atoms with van der Waals surface area (Å²) in [5.74, 6) is 0.773. The molecule has 0 bridgehead atoms. The van der Waals surface area contributed by atoms with Gasteiger partial charge in [0.2, 0.25) is 0 Å². The number of carbonyl (C=O) groups is 1. The first-order valence-electron chi connectivity index (χ1n) is 10.5. The normalized spacial score (nSPS) is 13.2. The van der Waals surface area contributed by atoms with Gasteiger partial charge in [0.1, 0.15) is 5.82 Å². The summed E-state index contributed by atoms with van der Waals surface area (Å²) in [5.41, 5.74) is 0.866. The van der Waals surface area contributed by atoms with E-state index in [9.17, 15) is 9.59 Å². The highest BCUT2D eigenvalue weighted by Gasteiger charge is 2.20. The minimum atomic E-state index is -0.864. The molecule has 0 aliphatic rings. The fourth-order valence-electron chi connectivity index (χ4n) is 3.21. The summed E-state index contributed by atoms with van der Waals surface area (Å²) in [6.45, 7) is 5.60. The number of hydrogen-bond acceptors (Lipinski definition) is 7. The van der Waals surface area contributed by atoms with Crippen LogP contribution in [0, 0.1) is 0 Å². The standard InChI is InChI=1S/C24H26BrN3O5/c1-6-14(2)22-27-19-11-10-17(25)12-18(19)23(29)28(22)26-13-16-8-7-9-20(31-4)21(16)33-15(3)24(30)32-5/h7-15H,6H2,1-5H3/t14-,15+/m0/s1. The molecule has 174 valence electrons. The quantitative estimate of drug-likeness (QED) is 0.323. The molecular formula is C24H26BrN3O5. The average molecular weight is 516 g/mol. The number of halogens is 1. The van der Waals surface area contributed by atoms with Gasteiger partial charge in [0, 0.05) is 16.0 Å². The van der Waals surface area contributed by atoms with Crippen molar-refractivity contribution in [2.45, 2.75) is 39.2 Å². The van der Waals surface area contributed by atoms with Crippen molar-refractivity contribution in [2.75, 3.05) is 14.2 Å². The van der Waals surface area contributed by atoms with Crippen molar-refractivity contribution >= 4 is 39.0 Å².